The largest absolute Gasteiger partial charge is 0.464 e. The van der Waals surface area contributed by atoms with E-state index in [2.05, 4.69) is 10.3 Å². The number of nitrogen functional groups attached to an aromatic ring is 1. The number of aliphatic hydroxyl groups excluding tert-OH is 1. The van der Waals surface area contributed by atoms with E-state index in [0.29, 0.717) is 17.9 Å². The van der Waals surface area contributed by atoms with Gasteiger partial charge in [-0.05, 0) is 25.3 Å². The first-order valence-corrected chi connectivity index (χ1v) is 6.52. The molecular formula is C13H21N3O3. The molecule has 0 bridgehead atoms. The van der Waals surface area contributed by atoms with E-state index < -0.39 is 0 Å². The molecule has 0 saturated carbocycles. The van der Waals surface area contributed by atoms with Crippen LogP contribution in [0.15, 0.2) is 10.5 Å². The standard InChI is InChI=1S/C13H21N3O3/c1-8-6-16(4-3-12(8)17)7-10-5-11(9(2)19-10)13(18)15-14/h5,8,12,17H,3-4,6-7,14H2,1-2H3,(H,15,18). The summed E-state index contributed by atoms with van der Waals surface area (Å²) in [6, 6.07) is 1.73. The second kappa shape index (κ2) is 5.73. The van der Waals surface area contributed by atoms with Crippen molar-refractivity contribution in [1.82, 2.24) is 10.3 Å². The van der Waals surface area contributed by atoms with Gasteiger partial charge in [0, 0.05) is 13.1 Å². The lowest BCUT2D eigenvalue weighted by Gasteiger charge is -2.33. The molecule has 2 atom stereocenters. The van der Waals surface area contributed by atoms with Crippen LogP contribution in [0.2, 0.25) is 0 Å². The number of rotatable bonds is 3. The Labute approximate surface area is 112 Å². The highest BCUT2D eigenvalue weighted by atomic mass is 16.3. The van der Waals surface area contributed by atoms with Crippen molar-refractivity contribution in [3.63, 3.8) is 0 Å². The predicted molar refractivity (Wildman–Crippen MR) is 70.2 cm³/mol. The van der Waals surface area contributed by atoms with Gasteiger partial charge in [-0.2, -0.15) is 0 Å². The molecule has 0 aliphatic carbocycles. The molecule has 19 heavy (non-hydrogen) atoms. The minimum absolute atomic E-state index is 0.215. The van der Waals surface area contributed by atoms with Crippen LogP contribution in [0.1, 0.15) is 35.2 Å². The van der Waals surface area contributed by atoms with Gasteiger partial charge in [0.25, 0.3) is 5.91 Å². The number of furan rings is 1. The number of likely N-dealkylation sites (tertiary alicyclic amines) is 1. The molecule has 2 heterocycles. The Balaban J connectivity index is 2.02. The molecule has 1 saturated heterocycles. The van der Waals surface area contributed by atoms with Crippen LogP contribution in [0.25, 0.3) is 0 Å². The molecule has 2 rings (SSSR count). The van der Waals surface area contributed by atoms with Crippen molar-refractivity contribution in [3.8, 4) is 0 Å². The van der Waals surface area contributed by atoms with Gasteiger partial charge in [-0.25, -0.2) is 5.84 Å². The highest BCUT2D eigenvalue weighted by Gasteiger charge is 2.25. The van der Waals surface area contributed by atoms with Crippen LogP contribution in [-0.2, 0) is 6.54 Å². The molecule has 106 valence electrons. The fraction of sp³-hybridized carbons (Fsp3) is 0.615. The number of carbonyl (C=O) groups is 1. The number of hydrogen-bond donors (Lipinski definition) is 3. The average Bonchev–Trinajstić information content (AvgIpc) is 2.74. The molecule has 1 aliphatic rings. The Morgan fingerprint density at radius 1 is 1.68 bits per heavy atom. The summed E-state index contributed by atoms with van der Waals surface area (Å²) in [5.41, 5.74) is 2.58. The minimum atomic E-state index is -0.338. The van der Waals surface area contributed by atoms with Crippen LogP contribution in [0.5, 0.6) is 0 Å². The van der Waals surface area contributed by atoms with E-state index in [-0.39, 0.29) is 17.9 Å². The highest BCUT2D eigenvalue weighted by Crippen LogP contribution is 2.21. The summed E-state index contributed by atoms with van der Waals surface area (Å²) in [6.07, 6.45) is 0.560. The average molecular weight is 267 g/mol. The minimum Gasteiger partial charge on any atom is -0.464 e. The molecule has 1 aromatic rings. The SMILES string of the molecule is Cc1oc(CN2CCC(O)C(C)C2)cc1C(=O)NN. The number of nitrogens with two attached hydrogens (primary N) is 1. The molecule has 1 aromatic heterocycles. The zero-order valence-electron chi connectivity index (χ0n) is 11.3. The fourth-order valence-electron chi connectivity index (χ4n) is 2.51. The van der Waals surface area contributed by atoms with E-state index in [1.54, 1.807) is 13.0 Å². The lowest BCUT2D eigenvalue weighted by molar-refractivity contribution is 0.0295. The molecule has 6 nitrogen and oxygen atoms in total. The quantitative estimate of drug-likeness (QED) is 0.419. The first-order valence-electron chi connectivity index (χ1n) is 6.52. The van der Waals surface area contributed by atoms with Crippen molar-refractivity contribution < 1.29 is 14.3 Å². The first-order chi connectivity index (χ1) is 9.01. The first kappa shape index (κ1) is 14.0. The number of piperidine rings is 1. The van der Waals surface area contributed by atoms with Gasteiger partial charge in [-0.3, -0.25) is 15.1 Å². The number of hydrogen-bond acceptors (Lipinski definition) is 5. The number of aliphatic hydroxyl groups is 1. The number of carbonyl (C=O) groups excluding carboxylic acids is 1. The van der Waals surface area contributed by atoms with Crippen LogP contribution < -0.4 is 11.3 Å². The van der Waals surface area contributed by atoms with Crippen LogP contribution in [0.4, 0.5) is 0 Å². The molecule has 4 N–H and O–H groups in total. The lowest BCUT2D eigenvalue weighted by Crippen LogP contribution is -2.41. The third-order valence-electron chi connectivity index (χ3n) is 3.67. The van der Waals surface area contributed by atoms with Crippen molar-refractivity contribution in [2.75, 3.05) is 13.1 Å². The highest BCUT2D eigenvalue weighted by molar-refractivity contribution is 5.94. The molecular weight excluding hydrogens is 246 g/mol. The second-order valence-corrected chi connectivity index (χ2v) is 5.22. The zero-order valence-corrected chi connectivity index (χ0v) is 11.3. The topological polar surface area (TPSA) is 91.7 Å². The number of hydrazine groups is 1. The van der Waals surface area contributed by atoms with Gasteiger partial charge in [0.1, 0.15) is 11.5 Å². The maximum Gasteiger partial charge on any atom is 0.268 e. The molecule has 0 spiro atoms. The van der Waals surface area contributed by atoms with Crippen LogP contribution in [0.3, 0.4) is 0 Å². The lowest BCUT2D eigenvalue weighted by atomic mass is 9.97. The number of nitrogens with zero attached hydrogens (tertiary/aromatic N) is 1. The van der Waals surface area contributed by atoms with Crippen LogP contribution in [-0.4, -0.2) is 35.1 Å². The summed E-state index contributed by atoms with van der Waals surface area (Å²) in [4.78, 5) is 13.7. The van der Waals surface area contributed by atoms with Gasteiger partial charge in [0.2, 0.25) is 0 Å². The number of nitrogens with one attached hydrogen (secondary N) is 1. The zero-order chi connectivity index (χ0) is 14.0. The van der Waals surface area contributed by atoms with Crippen molar-refractivity contribution >= 4 is 5.91 Å². The second-order valence-electron chi connectivity index (χ2n) is 5.22. The summed E-state index contributed by atoms with van der Waals surface area (Å²) in [5, 5.41) is 9.70. The Bertz CT molecular complexity index is 458. The monoisotopic (exact) mass is 267 g/mol. The van der Waals surface area contributed by atoms with Crippen LogP contribution >= 0.6 is 0 Å². The molecule has 1 amide bonds. The fourth-order valence-corrected chi connectivity index (χ4v) is 2.51. The molecule has 0 radical (unpaired) electrons. The summed E-state index contributed by atoms with van der Waals surface area (Å²) >= 11 is 0. The van der Waals surface area contributed by atoms with Crippen molar-refractivity contribution in [2.24, 2.45) is 11.8 Å². The van der Waals surface area contributed by atoms with Crippen LogP contribution in [0, 0.1) is 12.8 Å². The number of aryl methyl sites for hydroxylation is 1. The van der Waals surface area contributed by atoms with E-state index in [4.69, 9.17) is 10.3 Å². The molecule has 0 aromatic carbocycles. The van der Waals surface area contributed by atoms with E-state index in [0.717, 1.165) is 25.3 Å². The maximum atomic E-state index is 11.5. The summed E-state index contributed by atoms with van der Waals surface area (Å²) in [6.45, 7) is 6.10. The normalized spacial score (nSPS) is 24.4. The van der Waals surface area contributed by atoms with E-state index in [1.165, 1.54) is 0 Å². The predicted octanol–water partition coefficient (Wildman–Crippen LogP) is 0.394. The van der Waals surface area contributed by atoms with E-state index in [1.807, 2.05) is 6.92 Å². The Morgan fingerprint density at radius 2 is 2.42 bits per heavy atom. The van der Waals surface area contributed by atoms with Gasteiger partial charge in [-0.15, -0.1) is 0 Å². The maximum absolute atomic E-state index is 11.5. The molecule has 2 unspecified atom stereocenters. The summed E-state index contributed by atoms with van der Waals surface area (Å²) < 4.78 is 5.58. The smallest absolute Gasteiger partial charge is 0.268 e. The molecule has 6 heteroatoms. The molecule has 1 fully saturated rings. The third-order valence-corrected chi connectivity index (χ3v) is 3.67. The summed E-state index contributed by atoms with van der Waals surface area (Å²) in [7, 11) is 0. The van der Waals surface area contributed by atoms with Crippen molar-refractivity contribution in [3.05, 3.63) is 23.2 Å². The van der Waals surface area contributed by atoms with Gasteiger partial charge in [-0.1, -0.05) is 6.92 Å². The van der Waals surface area contributed by atoms with Gasteiger partial charge in [0.05, 0.1) is 18.2 Å². The van der Waals surface area contributed by atoms with Gasteiger partial charge >= 0.3 is 0 Å². The van der Waals surface area contributed by atoms with Crippen molar-refractivity contribution in [2.45, 2.75) is 32.9 Å². The van der Waals surface area contributed by atoms with Gasteiger partial charge in [0.15, 0.2) is 0 Å². The number of amides is 1. The van der Waals surface area contributed by atoms with E-state index >= 15 is 0 Å². The Morgan fingerprint density at radius 3 is 3.05 bits per heavy atom. The molecule has 1 aliphatic heterocycles. The Hall–Kier alpha value is -1.37. The van der Waals surface area contributed by atoms with Gasteiger partial charge < -0.3 is 9.52 Å². The van der Waals surface area contributed by atoms with Crippen molar-refractivity contribution in [1.29, 1.82) is 0 Å². The third kappa shape index (κ3) is 3.15. The summed E-state index contributed by atoms with van der Waals surface area (Å²) in [5.74, 6) is 6.37. The van der Waals surface area contributed by atoms with E-state index in [9.17, 15) is 9.90 Å². The Kier molecular flexibility index (Phi) is 4.24.